The molecule has 1 aromatic rings. The smallest absolute Gasteiger partial charge is 0.286 e. The largest absolute Gasteiger partial charge is 0.456 e. The molecule has 16 heavy (non-hydrogen) atoms. The Morgan fingerprint density at radius 3 is 2.81 bits per heavy atom. The third-order valence-electron chi connectivity index (χ3n) is 2.56. The summed E-state index contributed by atoms with van der Waals surface area (Å²) in [5, 5.41) is 2.79. The third-order valence-corrected chi connectivity index (χ3v) is 2.56. The second-order valence-electron chi connectivity index (χ2n) is 3.83. The zero-order chi connectivity index (χ0) is 12.0. The van der Waals surface area contributed by atoms with E-state index in [1.165, 1.54) is 0 Å². The van der Waals surface area contributed by atoms with Crippen LogP contribution in [0.4, 0.5) is 0 Å². The summed E-state index contributed by atoms with van der Waals surface area (Å²) in [6.07, 6.45) is 2.52. The van der Waals surface area contributed by atoms with Crippen molar-refractivity contribution in [2.45, 2.75) is 39.2 Å². The van der Waals surface area contributed by atoms with Gasteiger partial charge < -0.3 is 15.5 Å². The third kappa shape index (κ3) is 3.70. The van der Waals surface area contributed by atoms with Crippen molar-refractivity contribution in [3.8, 4) is 0 Å². The number of aryl methyl sites for hydroxylation is 1. The maximum Gasteiger partial charge on any atom is 0.286 e. The lowest BCUT2D eigenvalue weighted by atomic mass is 10.2. The number of furan rings is 1. The van der Waals surface area contributed by atoms with E-state index in [4.69, 9.17) is 10.2 Å². The van der Waals surface area contributed by atoms with Crippen LogP contribution in [0.25, 0.3) is 0 Å². The SMILES string of the molecule is CCc1ccc(C(=O)NCCC(N)CC)o1. The molecule has 1 rings (SSSR count). The molecule has 0 spiro atoms. The van der Waals surface area contributed by atoms with E-state index in [0.29, 0.717) is 12.3 Å². The quantitative estimate of drug-likeness (QED) is 0.772. The van der Waals surface area contributed by atoms with Gasteiger partial charge in [-0.05, 0) is 25.0 Å². The molecule has 3 N–H and O–H groups in total. The minimum absolute atomic E-state index is 0.156. The number of carbonyl (C=O) groups excluding carboxylic acids is 1. The van der Waals surface area contributed by atoms with E-state index in [-0.39, 0.29) is 11.9 Å². The fourth-order valence-electron chi connectivity index (χ4n) is 1.35. The van der Waals surface area contributed by atoms with Crippen molar-refractivity contribution >= 4 is 5.91 Å². The summed E-state index contributed by atoms with van der Waals surface area (Å²) in [4.78, 5) is 11.6. The molecular formula is C12H20N2O2. The molecule has 4 heteroatoms. The Kier molecular flexibility index (Phi) is 5.05. The van der Waals surface area contributed by atoms with Gasteiger partial charge in [0.25, 0.3) is 5.91 Å². The Bertz CT molecular complexity index is 334. The highest BCUT2D eigenvalue weighted by Gasteiger charge is 2.10. The van der Waals surface area contributed by atoms with Crippen LogP contribution in [0.2, 0.25) is 0 Å². The van der Waals surface area contributed by atoms with Gasteiger partial charge in [0, 0.05) is 19.0 Å². The van der Waals surface area contributed by atoms with Gasteiger partial charge in [-0.25, -0.2) is 0 Å². The van der Waals surface area contributed by atoms with E-state index in [2.05, 4.69) is 5.32 Å². The summed E-state index contributed by atoms with van der Waals surface area (Å²) in [5.74, 6) is 1.04. The van der Waals surface area contributed by atoms with Crippen molar-refractivity contribution in [2.75, 3.05) is 6.54 Å². The second-order valence-corrected chi connectivity index (χ2v) is 3.83. The molecular weight excluding hydrogens is 204 g/mol. The van der Waals surface area contributed by atoms with Crippen LogP contribution in [0.3, 0.4) is 0 Å². The zero-order valence-corrected chi connectivity index (χ0v) is 9.95. The Morgan fingerprint density at radius 1 is 1.50 bits per heavy atom. The molecule has 1 aromatic heterocycles. The van der Waals surface area contributed by atoms with Crippen LogP contribution in [-0.2, 0) is 6.42 Å². The van der Waals surface area contributed by atoms with Gasteiger partial charge in [-0.3, -0.25) is 4.79 Å². The summed E-state index contributed by atoms with van der Waals surface area (Å²) >= 11 is 0. The van der Waals surface area contributed by atoms with Gasteiger partial charge in [-0.1, -0.05) is 13.8 Å². The summed E-state index contributed by atoms with van der Waals surface area (Å²) in [5.41, 5.74) is 5.75. The van der Waals surface area contributed by atoms with Crippen LogP contribution in [-0.4, -0.2) is 18.5 Å². The number of nitrogens with two attached hydrogens (primary N) is 1. The van der Waals surface area contributed by atoms with Gasteiger partial charge in [0.05, 0.1) is 0 Å². The predicted molar refractivity (Wildman–Crippen MR) is 63.3 cm³/mol. The number of nitrogens with one attached hydrogen (secondary N) is 1. The number of hydrogen-bond acceptors (Lipinski definition) is 3. The van der Waals surface area contributed by atoms with E-state index >= 15 is 0 Å². The van der Waals surface area contributed by atoms with E-state index in [1.54, 1.807) is 6.07 Å². The second kappa shape index (κ2) is 6.33. The number of rotatable bonds is 6. The molecule has 0 aliphatic heterocycles. The van der Waals surface area contributed by atoms with Crippen LogP contribution in [0.1, 0.15) is 43.0 Å². The van der Waals surface area contributed by atoms with Gasteiger partial charge in [0.1, 0.15) is 5.76 Å². The molecule has 0 fully saturated rings. The highest BCUT2D eigenvalue weighted by molar-refractivity contribution is 5.91. The molecule has 0 aromatic carbocycles. The van der Waals surface area contributed by atoms with Crippen LogP contribution in [0.5, 0.6) is 0 Å². The van der Waals surface area contributed by atoms with E-state index in [0.717, 1.165) is 25.0 Å². The fourth-order valence-corrected chi connectivity index (χ4v) is 1.35. The topological polar surface area (TPSA) is 68.3 Å². The van der Waals surface area contributed by atoms with Gasteiger partial charge in [0.15, 0.2) is 5.76 Å². The molecule has 0 saturated carbocycles. The average molecular weight is 224 g/mol. The lowest BCUT2D eigenvalue weighted by molar-refractivity contribution is 0.0923. The van der Waals surface area contributed by atoms with Crippen LogP contribution < -0.4 is 11.1 Å². The van der Waals surface area contributed by atoms with Crippen LogP contribution in [0.15, 0.2) is 16.5 Å². The molecule has 0 aliphatic carbocycles. The van der Waals surface area contributed by atoms with Gasteiger partial charge in [-0.15, -0.1) is 0 Å². The van der Waals surface area contributed by atoms with Crippen LogP contribution in [0, 0.1) is 0 Å². The Morgan fingerprint density at radius 2 is 2.25 bits per heavy atom. The predicted octanol–water partition coefficient (Wildman–Crippen LogP) is 1.70. The lowest BCUT2D eigenvalue weighted by Crippen LogP contribution is -2.29. The minimum Gasteiger partial charge on any atom is -0.456 e. The summed E-state index contributed by atoms with van der Waals surface area (Å²) in [6, 6.07) is 3.68. The fraction of sp³-hybridized carbons (Fsp3) is 0.583. The van der Waals surface area contributed by atoms with Gasteiger partial charge >= 0.3 is 0 Å². The molecule has 0 aliphatic rings. The van der Waals surface area contributed by atoms with Crippen LogP contribution >= 0.6 is 0 Å². The van der Waals surface area contributed by atoms with Crippen molar-refractivity contribution in [2.24, 2.45) is 5.73 Å². The molecule has 0 bridgehead atoms. The number of hydrogen-bond donors (Lipinski definition) is 2. The number of carbonyl (C=O) groups is 1. The van der Waals surface area contributed by atoms with E-state index in [1.807, 2.05) is 19.9 Å². The molecule has 90 valence electrons. The normalized spacial score (nSPS) is 12.4. The highest BCUT2D eigenvalue weighted by Crippen LogP contribution is 2.08. The van der Waals surface area contributed by atoms with Crippen molar-refractivity contribution in [1.82, 2.24) is 5.32 Å². The first-order valence-corrected chi connectivity index (χ1v) is 5.79. The van der Waals surface area contributed by atoms with Crippen molar-refractivity contribution in [1.29, 1.82) is 0 Å². The molecule has 1 heterocycles. The first kappa shape index (κ1) is 12.8. The van der Waals surface area contributed by atoms with Crippen molar-refractivity contribution in [3.05, 3.63) is 23.7 Å². The highest BCUT2D eigenvalue weighted by atomic mass is 16.3. The molecule has 4 nitrogen and oxygen atoms in total. The van der Waals surface area contributed by atoms with E-state index in [9.17, 15) is 4.79 Å². The zero-order valence-electron chi connectivity index (χ0n) is 9.95. The Balaban J connectivity index is 2.35. The lowest BCUT2D eigenvalue weighted by Gasteiger charge is -2.08. The summed E-state index contributed by atoms with van der Waals surface area (Å²) < 4.78 is 5.34. The Hall–Kier alpha value is -1.29. The first-order chi connectivity index (χ1) is 7.67. The maximum absolute atomic E-state index is 11.6. The van der Waals surface area contributed by atoms with Gasteiger partial charge in [-0.2, -0.15) is 0 Å². The first-order valence-electron chi connectivity index (χ1n) is 5.79. The minimum atomic E-state index is -0.164. The molecule has 1 amide bonds. The van der Waals surface area contributed by atoms with E-state index < -0.39 is 0 Å². The monoisotopic (exact) mass is 224 g/mol. The van der Waals surface area contributed by atoms with Crippen molar-refractivity contribution in [3.63, 3.8) is 0 Å². The van der Waals surface area contributed by atoms with Gasteiger partial charge in [0.2, 0.25) is 0 Å². The number of amides is 1. The van der Waals surface area contributed by atoms with Crippen molar-refractivity contribution < 1.29 is 9.21 Å². The standard InChI is InChI=1S/C12H20N2O2/c1-3-9(13)7-8-14-12(15)11-6-5-10(4-2)16-11/h5-6,9H,3-4,7-8,13H2,1-2H3,(H,14,15). The Labute approximate surface area is 96.2 Å². The molecule has 1 unspecified atom stereocenters. The molecule has 0 radical (unpaired) electrons. The molecule has 0 saturated heterocycles. The average Bonchev–Trinajstić information content (AvgIpc) is 2.77. The maximum atomic E-state index is 11.6. The summed E-state index contributed by atoms with van der Waals surface area (Å²) in [7, 11) is 0. The molecule has 1 atom stereocenters. The summed E-state index contributed by atoms with van der Waals surface area (Å²) in [6.45, 7) is 4.61.